The van der Waals surface area contributed by atoms with E-state index in [1.54, 1.807) is 0 Å². The van der Waals surface area contributed by atoms with Gasteiger partial charge >= 0.3 is 0 Å². The van der Waals surface area contributed by atoms with Gasteiger partial charge in [-0.15, -0.1) is 0 Å². The van der Waals surface area contributed by atoms with Gasteiger partial charge < -0.3 is 5.21 Å². The maximum Gasteiger partial charge on any atom is 0.0604 e. The van der Waals surface area contributed by atoms with E-state index in [1.807, 2.05) is 0 Å². The quantitative estimate of drug-likeness (QED) is 0.407. The molecule has 10 heavy (non-hydrogen) atoms. The number of hydrogen-bond acceptors (Lipinski definition) is 2. The summed E-state index contributed by atoms with van der Waals surface area (Å²) in [5.41, 5.74) is 1.31. The summed E-state index contributed by atoms with van der Waals surface area (Å²) in [6.45, 7) is 6.53. The molecule has 1 aliphatic carbocycles. The van der Waals surface area contributed by atoms with Crippen LogP contribution in [0.4, 0.5) is 0 Å². The first-order chi connectivity index (χ1) is 4.55. The van der Waals surface area contributed by atoms with Crippen molar-refractivity contribution >= 4 is 5.71 Å². The molecule has 58 valence electrons. The molecule has 1 saturated carbocycles. The van der Waals surface area contributed by atoms with Crippen LogP contribution in [-0.2, 0) is 0 Å². The third kappa shape index (κ3) is 1.31. The zero-order valence-corrected chi connectivity index (χ0v) is 6.89. The highest BCUT2D eigenvalue weighted by Gasteiger charge is 2.33. The number of hydrogen-bond donors (Lipinski definition) is 1. The van der Waals surface area contributed by atoms with Gasteiger partial charge in [-0.2, -0.15) is 0 Å². The van der Waals surface area contributed by atoms with E-state index in [4.69, 9.17) is 5.21 Å². The van der Waals surface area contributed by atoms with Gasteiger partial charge in [0.1, 0.15) is 0 Å². The van der Waals surface area contributed by atoms with Crippen LogP contribution in [0.1, 0.15) is 33.6 Å². The van der Waals surface area contributed by atoms with Crippen LogP contribution in [0, 0.1) is 11.3 Å². The van der Waals surface area contributed by atoms with E-state index in [9.17, 15) is 0 Å². The molecule has 0 amide bonds. The van der Waals surface area contributed by atoms with Crippen LogP contribution in [0.25, 0.3) is 0 Å². The molecule has 2 nitrogen and oxygen atoms in total. The summed E-state index contributed by atoms with van der Waals surface area (Å²) in [7, 11) is 0. The van der Waals surface area contributed by atoms with Gasteiger partial charge in [0.15, 0.2) is 0 Å². The Balaban J connectivity index is 2.71. The Morgan fingerprint density at radius 2 is 2.20 bits per heavy atom. The molecule has 2 heteroatoms. The summed E-state index contributed by atoms with van der Waals surface area (Å²) in [6, 6.07) is 0. The van der Waals surface area contributed by atoms with Crippen LogP contribution in [0.15, 0.2) is 5.16 Å². The van der Waals surface area contributed by atoms with Crippen molar-refractivity contribution in [1.82, 2.24) is 0 Å². The Bertz CT molecular complexity index is 161. The number of rotatable bonds is 0. The molecule has 1 N–H and O–H groups in total. The molecule has 1 aliphatic rings. The van der Waals surface area contributed by atoms with Crippen LogP contribution >= 0.6 is 0 Å². The topological polar surface area (TPSA) is 32.6 Å². The van der Waals surface area contributed by atoms with Gasteiger partial charge in [-0.05, 0) is 24.2 Å². The van der Waals surface area contributed by atoms with Gasteiger partial charge in [0.05, 0.1) is 5.71 Å². The molecule has 1 rings (SSSR count). The normalized spacial score (nSPS) is 35.1. The fourth-order valence-electron chi connectivity index (χ4n) is 1.82. The third-order valence-electron chi connectivity index (χ3n) is 2.22. The second kappa shape index (κ2) is 2.26. The Kier molecular flexibility index (Phi) is 1.71. The van der Waals surface area contributed by atoms with Crippen LogP contribution in [0.5, 0.6) is 0 Å². The van der Waals surface area contributed by atoms with Gasteiger partial charge in [-0.25, -0.2) is 0 Å². The third-order valence-corrected chi connectivity index (χ3v) is 2.22. The summed E-state index contributed by atoms with van der Waals surface area (Å²) in [4.78, 5) is 0. The van der Waals surface area contributed by atoms with Crippen molar-refractivity contribution in [3.05, 3.63) is 0 Å². The van der Waals surface area contributed by atoms with Crippen molar-refractivity contribution in [2.24, 2.45) is 16.5 Å². The molecule has 0 aromatic carbocycles. The fraction of sp³-hybridized carbons (Fsp3) is 0.875. The maximum atomic E-state index is 8.56. The lowest BCUT2D eigenvalue weighted by atomic mass is 9.91. The number of nitrogens with zero attached hydrogens (tertiary/aromatic N) is 1. The minimum Gasteiger partial charge on any atom is -0.411 e. The monoisotopic (exact) mass is 141 g/mol. The average Bonchev–Trinajstić information content (AvgIpc) is 2.05. The van der Waals surface area contributed by atoms with Crippen LogP contribution in [0.2, 0.25) is 0 Å². The van der Waals surface area contributed by atoms with Crippen molar-refractivity contribution in [1.29, 1.82) is 0 Å². The Morgan fingerprint density at radius 3 is 2.40 bits per heavy atom. The molecular formula is C8H15NO. The van der Waals surface area contributed by atoms with Gasteiger partial charge in [0, 0.05) is 0 Å². The largest absolute Gasteiger partial charge is 0.411 e. The first-order valence-electron chi connectivity index (χ1n) is 3.76. The summed E-state index contributed by atoms with van der Waals surface area (Å²) in [5.74, 6) is 0.472. The lowest BCUT2D eigenvalue weighted by molar-refractivity contribution is 0.315. The fourth-order valence-corrected chi connectivity index (χ4v) is 1.82. The molecule has 1 atom stereocenters. The van der Waals surface area contributed by atoms with E-state index in [0.29, 0.717) is 11.3 Å². The van der Waals surface area contributed by atoms with Crippen LogP contribution in [0.3, 0.4) is 0 Å². The van der Waals surface area contributed by atoms with Crippen molar-refractivity contribution in [2.75, 3.05) is 0 Å². The van der Waals surface area contributed by atoms with Gasteiger partial charge in [0.2, 0.25) is 0 Å². The predicted octanol–water partition coefficient (Wildman–Crippen LogP) is 2.27. The van der Waals surface area contributed by atoms with E-state index >= 15 is 0 Å². The predicted molar refractivity (Wildman–Crippen MR) is 41.4 cm³/mol. The zero-order chi connectivity index (χ0) is 7.78. The van der Waals surface area contributed by atoms with E-state index < -0.39 is 0 Å². The molecule has 0 bridgehead atoms. The molecule has 0 spiro atoms. The van der Waals surface area contributed by atoms with Crippen LogP contribution < -0.4 is 0 Å². The van der Waals surface area contributed by atoms with Crippen molar-refractivity contribution in [2.45, 2.75) is 33.6 Å². The second-order valence-corrected chi connectivity index (χ2v) is 4.04. The maximum absolute atomic E-state index is 8.56. The Labute approximate surface area is 61.9 Å². The van der Waals surface area contributed by atoms with Crippen LogP contribution in [-0.4, -0.2) is 10.9 Å². The molecule has 0 saturated heterocycles. The Hall–Kier alpha value is -0.530. The second-order valence-electron chi connectivity index (χ2n) is 4.04. The molecule has 0 aromatic rings. The highest BCUT2D eigenvalue weighted by Crippen LogP contribution is 2.38. The summed E-state index contributed by atoms with van der Waals surface area (Å²) in [6.07, 6.45) is 2.09. The molecule has 1 fully saturated rings. The lowest BCUT2D eigenvalue weighted by Crippen LogP contribution is -2.04. The lowest BCUT2D eigenvalue weighted by Gasteiger charge is -2.14. The molecule has 0 aromatic heterocycles. The van der Waals surface area contributed by atoms with Crippen molar-refractivity contribution < 1.29 is 5.21 Å². The van der Waals surface area contributed by atoms with Gasteiger partial charge in [-0.1, -0.05) is 25.9 Å². The SMILES string of the molecule is CC1CC(C)(C)C/C1=N\O. The zero-order valence-electron chi connectivity index (χ0n) is 6.89. The molecular weight excluding hydrogens is 126 g/mol. The Morgan fingerprint density at radius 1 is 1.60 bits per heavy atom. The average molecular weight is 141 g/mol. The summed E-state index contributed by atoms with van der Waals surface area (Å²) >= 11 is 0. The highest BCUT2D eigenvalue weighted by molar-refractivity contribution is 5.88. The van der Waals surface area contributed by atoms with Crippen molar-refractivity contribution in [3.8, 4) is 0 Å². The standard InChI is InChI=1S/C8H15NO/c1-6-4-8(2,3)5-7(6)9-10/h6,10H,4-5H2,1-3H3/b9-7+. The first kappa shape index (κ1) is 7.58. The van der Waals surface area contributed by atoms with Crippen molar-refractivity contribution in [3.63, 3.8) is 0 Å². The van der Waals surface area contributed by atoms with E-state index in [2.05, 4.69) is 25.9 Å². The highest BCUT2D eigenvalue weighted by atomic mass is 16.4. The number of oxime groups is 1. The minimum atomic E-state index is 0.348. The molecule has 1 unspecified atom stereocenters. The minimum absolute atomic E-state index is 0.348. The van der Waals surface area contributed by atoms with Gasteiger partial charge in [-0.3, -0.25) is 0 Å². The smallest absolute Gasteiger partial charge is 0.0604 e. The van der Waals surface area contributed by atoms with Gasteiger partial charge in [0.25, 0.3) is 0 Å². The summed E-state index contributed by atoms with van der Waals surface area (Å²) < 4.78 is 0. The van der Waals surface area contributed by atoms with E-state index in [0.717, 1.165) is 18.6 Å². The molecule has 0 heterocycles. The molecule has 0 aliphatic heterocycles. The molecule has 0 radical (unpaired) electrons. The van der Waals surface area contributed by atoms with E-state index in [-0.39, 0.29) is 0 Å². The summed E-state index contributed by atoms with van der Waals surface area (Å²) in [5, 5.41) is 11.8. The van der Waals surface area contributed by atoms with E-state index in [1.165, 1.54) is 0 Å². The first-order valence-corrected chi connectivity index (χ1v) is 3.76.